The molecule has 1 saturated carbocycles. The van der Waals surface area contributed by atoms with Gasteiger partial charge in [-0.25, -0.2) is 14.2 Å². The van der Waals surface area contributed by atoms with Gasteiger partial charge in [0.15, 0.2) is 5.78 Å². The Morgan fingerprint density at radius 2 is 1.66 bits per heavy atom. The van der Waals surface area contributed by atoms with Gasteiger partial charge in [0, 0.05) is 39.1 Å². The highest BCUT2D eigenvalue weighted by atomic mass is 32.2. The number of ketones is 1. The number of nitrogens with one attached hydrogen (secondary N) is 1. The molecule has 0 radical (unpaired) electrons. The van der Waals surface area contributed by atoms with E-state index in [1.807, 2.05) is 18.2 Å². The Hall–Kier alpha value is -3.88. The van der Waals surface area contributed by atoms with Crippen molar-refractivity contribution >= 4 is 55.6 Å². The number of benzene rings is 4. The molecule has 41 heavy (non-hydrogen) atoms. The second-order valence-electron chi connectivity index (χ2n) is 12.0. The third-order valence-corrected chi connectivity index (χ3v) is 9.36. The van der Waals surface area contributed by atoms with Crippen LogP contribution < -0.4 is 9.46 Å². The highest BCUT2D eigenvalue weighted by molar-refractivity contribution is 7.80. The van der Waals surface area contributed by atoms with Crippen molar-refractivity contribution in [3.05, 3.63) is 83.4 Å². The Morgan fingerprint density at radius 3 is 2.41 bits per heavy atom. The molecule has 0 bridgehead atoms. The molecule has 2 aliphatic rings. The van der Waals surface area contributed by atoms with Crippen LogP contribution in [0.25, 0.3) is 32.8 Å². The van der Waals surface area contributed by atoms with Gasteiger partial charge >= 0.3 is 0 Å². The van der Waals surface area contributed by atoms with Gasteiger partial charge < -0.3 is 4.74 Å². The summed E-state index contributed by atoms with van der Waals surface area (Å²) in [6, 6.07) is 20.2. The molecule has 0 spiro atoms. The summed E-state index contributed by atoms with van der Waals surface area (Å²) in [5, 5.41) is 2.05. The first-order valence-electron chi connectivity index (χ1n) is 14.1. The van der Waals surface area contributed by atoms with Gasteiger partial charge in [0.05, 0.1) is 22.1 Å². The topological polar surface area (TPSA) is 101 Å². The fraction of sp³-hybridized carbons (Fsp3) is 0.303. The number of rotatable bonds is 4. The van der Waals surface area contributed by atoms with Crippen LogP contribution >= 0.6 is 0 Å². The van der Waals surface area contributed by atoms with Crippen molar-refractivity contribution in [2.75, 3.05) is 4.72 Å². The average molecular weight is 566 g/mol. The van der Waals surface area contributed by atoms with Crippen LogP contribution in [0.3, 0.4) is 0 Å². The Labute approximate surface area is 240 Å². The van der Waals surface area contributed by atoms with Crippen molar-refractivity contribution in [1.82, 2.24) is 9.97 Å². The molecule has 1 unspecified atom stereocenters. The standard InChI is InChI=1S/C33H31N3O4S/c1-18-8-14-25-24(16-18)28-30-29(22-6-4-5-7-23(22)32(28)40-33(25,2)3)35-27-17-20(11-15-26(27)34-30)31(37)19-9-12-21(13-10-19)36-41(38)39/h4-7,9-13,15,17-18,24-25,36H,8,14,16H2,1-3H3,(H,38,39)/t18-,24-,25-/m0/s1. The zero-order chi connectivity index (χ0) is 28.5. The van der Waals surface area contributed by atoms with Crippen LogP contribution in [0.15, 0.2) is 66.7 Å². The first-order chi connectivity index (χ1) is 19.7. The molecule has 2 heterocycles. The summed E-state index contributed by atoms with van der Waals surface area (Å²) in [6.45, 7) is 6.80. The molecule has 5 aromatic rings. The second-order valence-corrected chi connectivity index (χ2v) is 12.7. The molecule has 2 N–H and O–H groups in total. The van der Waals surface area contributed by atoms with Crippen molar-refractivity contribution in [3.63, 3.8) is 0 Å². The number of ether oxygens (including phenoxy) is 1. The molecule has 1 aliphatic carbocycles. The second kappa shape index (κ2) is 9.60. The molecule has 1 aliphatic heterocycles. The molecule has 4 aromatic carbocycles. The van der Waals surface area contributed by atoms with E-state index in [-0.39, 0.29) is 11.4 Å². The summed E-state index contributed by atoms with van der Waals surface area (Å²) in [7, 11) is 0. The molecular weight excluding hydrogens is 534 g/mol. The number of hydrogen-bond donors (Lipinski definition) is 2. The monoisotopic (exact) mass is 565 g/mol. The molecule has 208 valence electrons. The molecule has 7 rings (SSSR count). The van der Waals surface area contributed by atoms with Crippen molar-refractivity contribution < 1.29 is 18.3 Å². The summed E-state index contributed by atoms with van der Waals surface area (Å²) in [5.74, 6) is 2.18. The molecule has 4 atom stereocenters. The van der Waals surface area contributed by atoms with E-state index in [1.54, 1.807) is 36.4 Å². The van der Waals surface area contributed by atoms with E-state index < -0.39 is 11.3 Å². The number of carbonyl (C=O) groups excluding carboxylic acids is 1. The number of aromatic nitrogens is 2. The number of anilines is 1. The van der Waals surface area contributed by atoms with Crippen LogP contribution in [0.5, 0.6) is 5.75 Å². The zero-order valence-electron chi connectivity index (χ0n) is 23.2. The SMILES string of the molecule is C[C@H]1CC[C@H]2[C@H](C1)c1c(c3ccccc3c3nc4cc(C(=O)c5ccc(NS(=O)O)cc5)ccc4nc13)OC2(C)C. The average Bonchev–Trinajstić information content (AvgIpc) is 2.95. The maximum atomic E-state index is 13.3. The van der Waals surface area contributed by atoms with Gasteiger partial charge in [-0.3, -0.25) is 14.1 Å². The number of hydrogen-bond acceptors (Lipinski definition) is 5. The third kappa shape index (κ3) is 4.37. The van der Waals surface area contributed by atoms with Gasteiger partial charge in [-0.15, -0.1) is 0 Å². The predicted molar refractivity (Wildman–Crippen MR) is 163 cm³/mol. The van der Waals surface area contributed by atoms with Crippen LogP contribution in [0.1, 0.15) is 67.4 Å². The summed E-state index contributed by atoms with van der Waals surface area (Å²) in [4.78, 5) is 23.7. The van der Waals surface area contributed by atoms with Crippen molar-refractivity contribution in [1.29, 1.82) is 0 Å². The lowest BCUT2D eigenvalue weighted by Crippen LogP contribution is -2.46. The van der Waals surface area contributed by atoms with Gasteiger partial charge in [-0.2, -0.15) is 0 Å². The van der Waals surface area contributed by atoms with Gasteiger partial charge in [0.2, 0.25) is 0 Å². The van der Waals surface area contributed by atoms with E-state index in [0.717, 1.165) is 45.9 Å². The minimum atomic E-state index is -2.17. The van der Waals surface area contributed by atoms with E-state index in [1.165, 1.54) is 12.0 Å². The van der Waals surface area contributed by atoms with E-state index in [0.29, 0.717) is 40.1 Å². The largest absolute Gasteiger partial charge is 0.487 e. The van der Waals surface area contributed by atoms with Crippen LogP contribution in [-0.4, -0.2) is 30.1 Å². The lowest BCUT2D eigenvalue weighted by molar-refractivity contribution is -0.0115. The van der Waals surface area contributed by atoms with Crippen LogP contribution in [0, 0.1) is 11.8 Å². The van der Waals surface area contributed by atoms with Crippen molar-refractivity contribution in [3.8, 4) is 5.75 Å². The molecule has 0 amide bonds. The summed E-state index contributed by atoms with van der Waals surface area (Å²) < 4.78 is 29.3. The number of carbonyl (C=O) groups is 1. The number of fused-ring (bicyclic) bond motifs is 9. The fourth-order valence-corrected chi connectivity index (χ4v) is 7.33. The Kier molecular flexibility index (Phi) is 6.10. The van der Waals surface area contributed by atoms with Gasteiger partial charge in [0.25, 0.3) is 11.3 Å². The quantitative estimate of drug-likeness (QED) is 0.102. The van der Waals surface area contributed by atoms with Gasteiger partial charge in [0.1, 0.15) is 11.4 Å². The summed E-state index contributed by atoms with van der Waals surface area (Å²) in [5.41, 5.74) is 5.48. The third-order valence-electron chi connectivity index (χ3n) is 8.95. The highest BCUT2D eigenvalue weighted by Gasteiger charge is 2.47. The van der Waals surface area contributed by atoms with Crippen LogP contribution in [0.4, 0.5) is 5.69 Å². The van der Waals surface area contributed by atoms with Crippen LogP contribution in [-0.2, 0) is 11.3 Å². The zero-order valence-corrected chi connectivity index (χ0v) is 24.0. The minimum Gasteiger partial charge on any atom is -0.487 e. The molecule has 1 fully saturated rings. The normalized spacial score (nSPS) is 22.1. The summed E-state index contributed by atoms with van der Waals surface area (Å²) in [6.07, 6.45) is 3.45. The van der Waals surface area contributed by atoms with E-state index in [4.69, 9.17) is 19.3 Å². The maximum absolute atomic E-state index is 13.3. The summed E-state index contributed by atoms with van der Waals surface area (Å²) >= 11 is -2.17. The molecule has 7 nitrogen and oxygen atoms in total. The van der Waals surface area contributed by atoms with Crippen LogP contribution in [0.2, 0.25) is 0 Å². The highest BCUT2D eigenvalue weighted by Crippen LogP contribution is 2.56. The van der Waals surface area contributed by atoms with Crippen molar-refractivity contribution in [2.24, 2.45) is 11.8 Å². The maximum Gasteiger partial charge on any atom is 0.259 e. The van der Waals surface area contributed by atoms with E-state index >= 15 is 0 Å². The molecular formula is C33H31N3O4S. The molecule has 0 saturated heterocycles. The number of nitrogens with zero attached hydrogens (tertiary/aromatic N) is 2. The van der Waals surface area contributed by atoms with E-state index in [9.17, 15) is 9.00 Å². The lowest BCUT2D eigenvalue weighted by Gasteiger charge is -2.49. The fourth-order valence-electron chi connectivity index (χ4n) is 6.99. The predicted octanol–water partition coefficient (Wildman–Crippen LogP) is 7.41. The Balaban J connectivity index is 1.39. The Morgan fingerprint density at radius 1 is 0.951 bits per heavy atom. The molecule has 1 aromatic heterocycles. The minimum absolute atomic E-state index is 0.157. The van der Waals surface area contributed by atoms with Gasteiger partial charge in [-0.1, -0.05) is 37.6 Å². The van der Waals surface area contributed by atoms with Crippen molar-refractivity contribution in [2.45, 2.75) is 51.6 Å². The first kappa shape index (κ1) is 26.0. The first-order valence-corrected chi connectivity index (χ1v) is 15.2. The lowest BCUT2D eigenvalue weighted by atomic mass is 9.64. The molecule has 8 heteroatoms. The van der Waals surface area contributed by atoms with Gasteiger partial charge in [-0.05, 0) is 81.0 Å². The smallest absolute Gasteiger partial charge is 0.259 e. The Bertz CT molecular complexity index is 1890. The van der Waals surface area contributed by atoms with E-state index in [2.05, 4.69) is 37.6 Å².